The third-order valence-corrected chi connectivity index (χ3v) is 8.01. The van der Waals surface area contributed by atoms with Crippen molar-refractivity contribution < 1.29 is 14.0 Å². The van der Waals surface area contributed by atoms with Crippen LogP contribution in [0.15, 0.2) is 52.0 Å². The highest BCUT2D eigenvalue weighted by molar-refractivity contribution is 8.00. The number of hydrogen-bond acceptors (Lipinski definition) is 4. The van der Waals surface area contributed by atoms with E-state index in [1.165, 1.54) is 31.0 Å². The van der Waals surface area contributed by atoms with Gasteiger partial charge in [0.1, 0.15) is 5.76 Å². The van der Waals surface area contributed by atoms with Gasteiger partial charge >= 0.3 is 0 Å². The third kappa shape index (κ3) is 4.15. The number of rotatable bonds is 7. The molecule has 0 unspecified atom stereocenters. The normalized spacial score (nSPS) is 29.0. The number of benzene rings is 1. The van der Waals surface area contributed by atoms with Gasteiger partial charge < -0.3 is 15.1 Å². The zero-order chi connectivity index (χ0) is 20.6. The van der Waals surface area contributed by atoms with Crippen LogP contribution in [-0.4, -0.2) is 23.1 Å². The maximum atomic E-state index is 12.8. The zero-order valence-electron chi connectivity index (χ0n) is 17.1. The molecular weight excluding hydrogens is 396 g/mol. The van der Waals surface area contributed by atoms with Crippen LogP contribution in [-0.2, 0) is 11.3 Å². The van der Waals surface area contributed by atoms with E-state index in [-0.39, 0.29) is 17.4 Å². The minimum Gasteiger partial charge on any atom is -0.467 e. The van der Waals surface area contributed by atoms with E-state index < -0.39 is 0 Å². The van der Waals surface area contributed by atoms with Crippen molar-refractivity contribution in [3.63, 3.8) is 0 Å². The number of furan rings is 1. The van der Waals surface area contributed by atoms with E-state index in [1.54, 1.807) is 18.4 Å². The Labute approximate surface area is 181 Å². The molecule has 1 heterocycles. The number of thioether (sulfide) groups is 1. The lowest BCUT2D eigenvalue weighted by molar-refractivity contribution is -0.124. The van der Waals surface area contributed by atoms with Crippen molar-refractivity contribution in [2.45, 2.75) is 55.5 Å². The van der Waals surface area contributed by atoms with Crippen LogP contribution in [0.25, 0.3) is 0 Å². The van der Waals surface area contributed by atoms with Crippen molar-refractivity contribution >= 4 is 23.6 Å². The molecule has 0 aliphatic heterocycles. The lowest BCUT2D eigenvalue weighted by Crippen LogP contribution is -2.60. The summed E-state index contributed by atoms with van der Waals surface area (Å²) >= 11 is 1.44. The fraction of sp³-hybridized carbons (Fsp3) is 0.500. The van der Waals surface area contributed by atoms with Gasteiger partial charge in [-0.05, 0) is 80.5 Å². The summed E-state index contributed by atoms with van der Waals surface area (Å²) in [6, 6.07) is 11.1. The summed E-state index contributed by atoms with van der Waals surface area (Å²) in [5.74, 6) is 3.41. The fourth-order valence-corrected chi connectivity index (χ4v) is 7.04. The summed E-state index contributed by atoms with van der Waals surface area (Å²) in [4.78, 5) is 26.3. The van der Waals surface area contributed by atoms with Gasteiger partial charge in [0.25, 0.3) is 5.91 Å². The molecule has 5 nitrogen and oxygen atoms in total. The van der Waals surface area contributed by atoms with Crippen molar-refractivity contribution in [1.82, 2.24) is 10.6 Å². The van der Waals surface area contributed by atoms with E-state index in [0.717, 1.165) is 41.9 Å². The van der Waals surface area contributed by atoms with Crippen LogP contribution in [0.3, 0.4) is 0 Å². The maximum Gasteiger partial charge on any atom is 0.252 e. The van der Waals surface area contributed by atoms with Crippen molar-refractivity contribution in [2.75, 3.05) is 5.75 Å². The van der Waals surface area contributed by atoms with Crippen LogP contribution in [0.4, 0.5) is 0 Å². The van der Waals surface area contributed by atoms with E-state index in [2.05, 4.69) is 10.6 Å². The van der Waals surface area contributed by atoms with Gasteiger partial charge in [-0.1, -0.05) is 12.1 Å². The number of nitrogens with one attached hydrogen (secondary N) is 2. The Morgan fingerprint density at radius 3 is 2.37 bits per heavy atom. The van der Waals surface area contributed by atoms with E-state index in [1.807, 2.05) is 24.3 Å². The molecule has 4 aliphatic rings. The summed E-state index contributed by atoms with van der Waals surface area (Å²) < 4.78 is 5.27. The molecule has 158 valence electrons. The molecule has 0 saturated heterocycles. The SMILES string of the molecule is O=C(CSc1ccccc1C(=O)NCc1ccco1)NC12CC3CC(CC(C3)C1)C2. The summed E-state index contributed by atoms with van der Waals surface area (Å²) in [6.45, 7) is 0.345. The molecule has 0 radical (unpaired) electrons. The van der Waals surface area contributed by atoms with Crippen LogP contribution in [0.1, 0.15) is 54.6 Å². The van der Waals surface area contributed by atoms with Gasteiger partial charge in [0.05, 0.1) is 24.1 Å². The quantitative estimate of drug-likeness (QED) is 0.647. The highest BCUT2D eigenvalue weighted by Gasteiger charge is 2.51. The molecule has 0 spiro atoms. The Kier molecular flexibility index (Phi) is 5.35. The van der Waals surface area contributed by atoms with E-state index >= 15 is 0 Å². The second-order valence-electron chi connectivity index (χ2n) is 9.29. The lowest BCUT2D eigenvalue weighted by atomic mass is 9.53. The summed E-state index contributed by atoms with van der Waals surface area (Å²) in [7, 11) is 0. The van der Waals surface area contributed by atoms with E-state index in [4.69, 9.17) is 4.42 Å². The molecule has 4 fully saturated rings. The van der Waals surface area contributed by atoms with Gasteiger partial charge in [-0.15, -0.1) is 11.8 Å². The number of carbonyl (C=O) groups is 2. The van der Waals surface area contributed by atoms with Gasteiger partial charge in [0, 0.05) is 10.4 Å². The molecule has 6 rings (SSSR count). The van der Waals surface area contributed by atoms with Gasteiger partial charge in [0.2, 0.25) is 5.91 Å². The lowest BCUT2D eigenvalue weighted by Gasteiger charge is -2.56. The fourth-order valence-electron chi connectivity index (χ4n) is 6.19. The first-order chi connectivity index (χ1) is 14.6. The van der Waals surface area contributed by atoms with E-state index in [9.17, 15) is 9.59 Å². The monoisotopic (exact) mass is 424 g/mol. The number of carbonyl (C=O) groups excluding carboxylic acids is 2. The molecule has 1 aromatic heterocycles. The first-order valence-electron chi connectivity index (χ1n) is 10.9. The van der Waals surface area contributed by atoms with Gasteiger partial charge in [-0.3, -0.25) is 9.59 Å². The largest absolute Gasteiger partial charge is 0.467 e. The summed E-state index contributed by atoms with van der Waals surface area (Å²) in [5.41, 5.74) is 0.628. The Bertz CT molecular complexity index is 889. The predicted molar refractivity (Wildman–Crippen MR) is 116 cm³/mol. The average Bonchev–Trinajstić information content (AvgIpc) is 3.23. The van der Waals surface area contributed by atoms with Crippen LogP contribution >= 0.6 is 11.8 Å². The van der Waals surface area contributed by atoms with Gasteiger partial charge in [0.15, 0.2) is 0 Å². The molecule has 6 heteroatoms. The molecule has 2 N–H and O–H groups in total. The molecule has 0 atom stereocenters. The molecule has 2 amide bonds. The Balaban J connectivity index is 1.18. The second kappa shape index (κ2) is 8.14. The molecule has 30 heavy (non-hydrogen) atoms. The minimum absolute atomic E-state index is 0.0341. The minimum atomic E-state index is -0.156. The first kappa shape index (κ1) is 19.7. The average molecular weight is 425 g/mol. The topological polar surface area (TPSA) is 71.3 Å². The number of amides is 2. The van der Waals surface area contributed by atoms with Gasteiger partial charge in [-0.2, -0.15) is 0 Å². The summed E-state index contributed by atoms with van der Waals surface area (Å²) in [5, 5.41) is 6.30. The summed E-state index contributed by atoms with van der Waals surface area (Å²) in [6.07, 6.45) is 9.15. The molecule has 2 aromatic rings. The zero-order valence-corrected chi connectivity index (χ0v) is 17.9. The molecule has 4 aliphatic carbocycles. The van der Waals surface area contributed by atoms with Crippen LogP contribution in [0, 0.1) is 17.8 Å². The highest BCUT2D eigenvalue weighted by atomic mass is 32.2. The van der Waals surface area contributed by atoms with Crippen LogP contribution in [0.5, 0.6) is 0 Å². The van der Waals surface area contributed by atoms with Crippen LogP contribution in [0.2, 0.25) is 0 Å². The Morgan fingerprint density at radius 2 is 1.70 bits per heavy atom. The molecule has 4 saturated carbocycles. The Hall–Kier alpha value is -2.21. The Morgan fingerprint density at radius 1 is 1.00 bits per heavy atom. The van der Waals surface area contributed by atoms with Crippen molar-refractivity contribution in [1.29, 1.82) is 0 Å². The second-order valence-corrected chi connectivity index (χ2v) is 10.3. The molecule has 1 aromatic carbocycles. The van der Waals surface area contributed by atoms with Crippen LogP contribution < -0.4 is 10.6 Å². The third-order valence-electron chi connectivity index (χ3n) is 6.94. The standard InChI is InChI=1S/C24H28N2O3S/c27-22(26-24-11-16-8-17(12-24)10-18(9-16)13-24)15-30-21-6-2-1-5-20(21)23(28)25-14-19-4-3-7-29-19/h1-7,16-18H,8-15H2,(H,25,28)(H,26,27). The van der Waals surface area contributed by atoms with Crippen molar-refractivity contribution in [3.8, 4) is 0 Å². The molecule has 4 bridgehead atoms. The van der Waals surface area contributed by atoms with E-state index in [0.29, 0.717) is 23.6 Å². The molecular formula is C24H28N2O3S. The first-order valence-corrected chi connectivity index (χ1v) is 11.9. The smallest absolute Gasteiger partial charge is 0.252 e. The number of hydrogen-bond donors (Lipinski definition) is 2. The van der Waals surface area contributed by atoms with Crippen molar-refractivity contribution in [3.05, 3.63) is 54.0 Å². The highest BCUT2D eigenvalue weighted by Crippen LogP contribution is 2.55. The van der Waals surface area contributed by atoms with Crippen molar-refractivity contribution in [2.24, 2.45) is 17.8 Å². The maximum absolute atomic E-state index is 12.8. The predicted octanol–water partition coefficient (Wildman–Crippen LogP) is 4.39. The van der Waals surface area contributed by atoms with Gasteiger partial charge in [-0.25, -0.2) is 0 Å².